The van der Waals surface area contributed by atoms with Crippen LogP contribution in [0.5, 0.6) is 0 Å². The highest BCUT2D eigenvalue weighted by atomic mass is 32.2. The lowest BCUT2D eigenvalue weighted by Crippen LogP contribution is -2.68. The van der Waals surface area contributed by atoms with E-state index in [2.05, 4.69) is 69.6 Å². The Labute approximate surface area is 307 Å². The molecule has 280 valence electrons. The number of rotatable bonds is 8. The molecule has 1 heterocycles. The van der Waals surface area contributed by atoms with Crippen molar-refractivity contribution >= 4 is 27.7 Å². The number of fused-ring (bicyclic) bond motifs is 7. The molecule has 1 aliphatic heterocycles. The number of ether oxygens (including phenoxy) is 1. The summed E-state index contributed by atoms with van der Waals surface area (Å²) in [5, 5.41) is 4.12. The number of carbonyl (C=O) groups excluding carboxylic acids is 2. The number of aldehydes is 1. The minimum Gasteiger partial charge on any atom is -0.465 e. The number of hydrogen-bond acceptors (Lipinski definition) is 7. The lowest BCUT2D eigenvalue weighted by molar-refractivity contribution is -0.219. The maximum absolute atomic E-state index is 12.3. The fraction of sp³-hybridized carbons (Fsp3) is 0.721. The molecular weight excluding hydrogens is 657 g/mol. The number of sulfone groups is 1. The topological polar surface area (TPSA) is 92.8 Å². The zero-order valence-electron chi connectivity index (χ0n) is 32.1. The second-order valence-corrected chi connectivity index (χ2v) is 21.0. The van der Waals surface area contributed by atoms with E-state index >= 15 is 0 Å². The summed E-state index contributed by atoms with van der Waals surface area (Å²) >= 11 is 0. The summed E-state index contributed by atoms with van der Waals surface area (Å²) in [6.07, 6.45) is 14.0. The van der Waals surface area contributed by atoms with E-state index in [1.807, 2.05) is 12.1 Å². The first-order valence-corrected chi connectivity index (χ1v) is 21.6. The molecule has 5 aliphatic carbocycles. The fourth-order valence-corrected chi connectivity index (χ4v) is 15.1. The van der Waals surface area contributed by atoms with Gasteiger partial charge in [0.05, 0.1) is 24.2 Å². The van der Waals surface area contributed by atoms with Crippen LogP contribution in [0.4, 0.5) is 0 Å². The smallest absolute Gasteiger partial charge is 0.337 e. The summed E-state index contributed by atoms with van der Waals surface area (Å²) in [5.74, 6) is 2.55. The molecule has 1 N–H and O–H groups in total. The first kappa shape index (κ1) is 37.0. The van der Waals surface area contributed by atoms with Gasteiger partial charge in [0.2, 0.25) is 0 Å². The molecule has 7 nitrogen and oxygen atoms in total. The molecule has 7 rings (SSSR count). The van der Waals surface area contributed by atoms with Crippen molar-refractivity contribution in [2.75, 3.05) is 44.8 Å². The predicted octanol–water partition coefficient (Wildman–Crippen LogP) is 7.38. The third kappa shape index (κ3) is 5.75. The molecular formula is C43H62N2O5S. The van der Waals surface area contributed by atoms with Crippen LogP contribution in [0.1, 0.15) is 108 Å². The van der Waals surface area contributed by atoms with Gasteiger partial charge in [-0.15, -0.1) is 0 Å². The van der Waals surface area contributed by atoms with E-state index in [9.17, 15) is 18.0 Å². The molecule has 8 heteroatoms. The Morgan fingerprint density at radius 1 is 0.941 bits per heavy atom. The zero-order valence-corrected chi connectivity index (χ0v) is 32.9. The van der Waals surface area contributed by atoms with Gasteiger partial charge in [0.25, 0.3) is 0 Å². The molecule has 0 amide bonds. The normalized spacial score (nSPS) is 41.2. The van der Waals surface area contributed by atoms with Gasteiger partial charge in [0.1, 0.15) is 6.29 Å². The second-order valence-electron chi connectivity index (χ2n) is 18.7. The molecule has 1 saturated heterocycles. The van der Waals surface area contributed by atoms with Crippen molar-refractivity contribution in [3.63, 3.8) is 0 Å². The molecule has 0 spiro atoms. The van der Waals surface area contributed by atoms with Crippen LogP contribution >= 0.6 is 0 Å². The van der Waals surface area contributed by atoms with Gasteiger partial charge >= 0.3 is 5.97 Å². The van der Waals surface area contributed by atoms with Crippen LogP contribution < -0.4 is 5.32 Å². The molecule has 5 fully saturated rings. The van der Waals surface area contributed by atoms with E-state index in [0.717, 1.165) is 50.6 Å². The number of carbonyl (C=O) groups is 2. The first-order valence-electron chi connectivity index (χ1n) is 19.8. The van der Waals surface area contributed by atoms with E-state index in [1.165, 1.54) is 50.4 Å². The lowest BCUT2D eigenvalue weighted by atomic mass is 9.33. The number of esters is 1. The molecule has 6 aliphatic rings. The minimum atomic E-state index is -2.89. The molecule has 9 unspecified atom stereocenters. The third-order valence-electron chi connectivity index (χ3n) is 16.6. The van der Waals surface area contributed by atoms with Crippen molar-refractivity contribution in [1.82, 2.24) is 10.2 Å². The molecule has 0 radical (unpaired) electrons. The SMILES string of the molecule is C=C(C=O)C1CCC2(NCCN3CCS(=O)(=O)CC3)CCC3(C)C(CCC4C5(C)CC=C(c6ccc(C(=O)OC)cc6)C(C)(C)C5CCC43C)C12. The molecule has 0 aromatic heterocycles. The predicted molar refractivity (Wildman–Crippen MR) is 204 cm³/mol. The Kier molecular flexibility index (Phi) is 9.39. The van der Waals surface area contributed by atoms with Gasteiger partial charge in [-0.1, -0.05) is 59.4 Å². The molecule has 9 atom stereocenters. The van der Waals surface area contributed by atoms with Crippen molar-refractivity contribution in [3.05, 3.63) is 53.6 Å². The van der Waals surface area contributed by atoms with Gasteiger partial charge in [-0.05, 0) is 138 Å². The summed E-state index contributed by atoms with van der Waals surface area (Å²) < 4.78 is 29.0. The first-order chi connectivity index (χ1) is 24.1. The van der Waals surface area contributed by atoms with Crippen LogP contribution in [0.2, 0.25) is 0 Å². The zero-order chi connectivity index (χ0) is 36.6. The van der Waals surface area contributed by atoms with E-state index in [1.54, 1.807) is 0 Å². The highest BCUT2D eigenvalue weighted by Crippen LogP contribution is 2.76. The number of allylic oxidation sites excluding steroid dienone is 3. The van der Waals surface area contributed by atoms with Crippen LogP contribution in [0.25, 0.3) is 5.57 Å². The number of nitrogens with zero attached hydrogens (tertiary/aromatic N) is 1. The molecule has 1 aromatic rings. The van der Waals surface area contributed by atoms with Gasteiger partial charge in [-0.3, -0.25) is 4.79 Å². The number of hydrogen-bond donors (Lipinski definition) is 1. The minimum absolute atomic E-state index is 0.000835. The van der Waals surface area contributed by atoms with Gasteiger partial charge < -0.3 is 15.0 Å². The van der Waals surface area contributed by atoms with Crippen LogP contribution in [-0.4, -0.2) is 75.9 Å². The standard InChI is InChI=1S/C43H62N2O5S/c1-29(28-46)32-14-19-43(44-22-23-45-24-26-51(48,49)27-25-45)21-20-41(5)34(37(32)43)12-13-36-40(4)17-15-33(30-8-10-31(11-9-30)38(47)50-7)39(2,3)35(40)16-18-42(36,41)6/h8-11,15,28,32,34-37,44H,1,12-14,16-27H2,2-7H3. The Morgan fingerprint density at radius 2 is 1.65 bits per heavy atom. The van der Waals surface area contributed by atoms with E-state index in [-0.39, 0.29) is 50.6 Å². The highest BCUT2D eigenvalue weighted by Gasteiger charge is 2.70. The Morgan fingerprint density at radius 3 is 2.31 bits per heavy atom. The maximum Gasteiger partial charge on any atom is 0.337 e. The second kappa shape index (κ2) is 12.9. The van der Waals surface area contributed by atoms with Crippen LogP contribution in [0, 0.1) is 51.2 Å². The summed E-state index contributed by atoms with van der Waals surface area (Å²) in [7, 11) is -1.46. The van der Waals surface area contributed by atoms with Gasteiger partial charge in [0.15, 0.2) is 9.84 Å². The number of nitrogens with one attached hydrogen (secondary N) is 1. The Bertz CT molecular complexity index is 1690. The van der Waals surface area contributed by atoms with Gasteiger partial charge in [-0.25, -0.2) is 13.2 Å². The monoisotopic (exact) mass is 718 g/mol. The number of benzene rings is 1. The summed E-state index contributed by atoms with van der Waals surface area (Å²) in [6.45, 7) is 20.2. The summed E-state index contributed by atoms with van der Waals surface area (Å²) in [5.41, 5.74) is 4.55. The number of methoxy groups -OCH3 is 1. The summed E-state index contributed by atoms with van der Waals surface area (Å²) in [4.78, 5) is 26.8. The molecule has 51 heavy (non-hydrogen) atoms. The maximum atomic E-state index is 12.3. The summed E-state index contributed by atoms with van der Waals surface area (Å²) in [6, 6.07) is 8.01. The van der Waals surface area contributed by atoms with E-state index < -0.39 is 9.84 Å². The molecule has 0 bridgehead atoms. The molecule has 4 saturated carbocycles. The van der Waals surface area contributed by atoms with E-state index in [0.29, 0.717) is 42.3 Å². The highest BCUT2D eigenvalue weighted by molar-refractivity contribution is 7.91. The van der Waals surface area contributed by atoms with Crippen molar-refractivity contribution in [1.29, 1.82) is 0 Å². The van der Waals surface area contributed by atoms with Crippen molar-refractivity contribution in [2.24, 2.45) is 51.2 Å². The third-order valence-corrected chi connectivity index (χ3v) is 18.2. The van der Waals surface area contributed by atoms with E-state index in [4.69, 9.17) is 4.74 Å². The quantitative estimate of drug-likeness (QED) is 0.171. The average molecular weight is 719 g/mol. The molecule has 1 aromatic carbocycles. The van der Waals surface area contributed by atoms with Crippen LogP contribution in [0.15, 0.2) is 42.5 Å². The largest absolute Gasteiger partial charge is 0.465 e. The lowest BCUT2D eigenvalue weighted by Gasteiger charge is -2.72. The Hall–Kier alpha value is -2.29. The van der Waals surface area contributed by atoms with Gasteiger partial charge in [0, 0.05) is 31.7 Å². The van der Waals surface area contributed by atoms with Crippen LogP contribution in [-0.2, 0) is 19.4 Å². The van der Waals surface area contributed by atoms with Crippen molar-refractivity contribution < 1.29 is 22.7 Å². The average Bonchev–Trinajstić information content (AvgIpc) is 3.48. The fourth-order valence-electron chi connectivity index (χ4n) is 13.8. The van der Waals surface area contributed by atoms with Crippen molar-refractivity contribution in [2.45, 2.75) is 97.9 Å². The van der Waals surface area contributed by atoms with Crippen LogP contribution in [0.3, 0.4) is 0 Å². The van der Waals surface area contributed by atoms with Gasteiger partial charge in [-0.2, -0.15) is 0 Å². The Balaban J connectivity index is 1.15. The van der Waals surface area contributed by atoms with Crippen molar-refractivity contribution in [3.8, 4) is 0 Å².